The lowest BCUT2D eigenvalue weighted by molar-refractivity contribution is -0.114. The fraction of sp³-hybridized carbons (Fsp3) is 0.125. The summed E-state index contributed by atoms with van der Waals surface area (Å²) in [5.41, 5.74) is 0.219. The molecule has 1 rings (SSSR count). The molecule has 0 radical (unpaired) electrons. The third kappa shape index (κ3) is 2.32. The zero-order valence-corrected chi connectivity index (χ0v) is 8.21. The van der Waals surface area contributed by atoms with Crippen molar-refractivity contribution in [1.29, 1.82) is 0 Å². The first kappa shape index (κ1) is 10.3. The molecule has 1 amide bonds. The lowest BCUT2D eigenvalue weighted by Gasteiger charge is -2.05. The van der Waals surface area contributed by atoms with Crippen molar-refractivity contribution in [3.05, 3.63) is 28.0 Å². The maximum atomic E-state index is 13.0. The van der Waals surface area contributed by atoms with Crippen molar-refractivity contribution >= 4 is 34.8 Å². The van der Waals surface area contributed by atoms with Crippen molar-refractivity contribution in [3.63, 3.8) is 0 Å². The van der Waals surface area contributed by atoms with Crippen LogP contribution in [0.25, 0.3) is 0 Å². The second-order valence-electron chi connectivity index (χ2n) is 2.40. The van der Waals surface area contributed by atoms with Crippen molar-refractivity contribution in [1.82, 2.24) is 0 Å². The van der Waals surface area contributed by atoms with Crippen molar-refractivity contribution in [3.8, 4) is 0 Å². The highest BCUT2D eigenvalue weighted by Gasteiger charge is 2.10. The number of rotatable bonds is 1. The molecule has 0 heterocycles. The number of hydrogen-bond acceptors (Lipinski definition) is 1. The molecule has 0 unspecified atom stereocenters. The van der Waals surface area contributed by atoms with Crippen LogP contribution in [0.4, 0.5) is 10.1 Å². The third-order valence-electron chi connectivity index (χ3n) is 1.35. The van der Waals surface area contributed by atoms with Crippen molar-refractivity contribution in [2.75, 3.05) is 5.32 Å². The quantitative estimate of drug-likeness (QED) is 0.726. The highest BCUT2D eigenvalue weighted by molar-refractivity contribution is 6.37. The molecule has 1 aromatic carbocycles. The van der Waals surface area contributed by atoms with Gasteiger partial charge in [-0.3, -0.25) is 4.79 Å². The highest BCUT2D eigenvalue weighted by atomic mass is 35.5. The standard InChI is InChI=1S/C8H6Cl2FNO/c1-4(13)12-6-3-2-5(9)8(11)7(6)10/h2-3H,1H3,(H,12,13). The molecule has 0 saturated carbocycles. The smallest absolute Gasteiger partial charge is 0.221 e. The summed E-state index contributed by atoms with van der Waals surface area (Å²) in [5, 5.41) is 2.12. The van der Waals surface area contributed by atoms with Gasteiger partial charge in [0.2, 0.25) is 5.91 Å². The molecule has 0 aliphatic carbocycles. The molecule has 70 valence electrons. The van der Waals surface area contributed by atoms with E-state index in [4.69, 9.17) is 23.2 Å². The largest absolute Gasteiger partial charge is 0.325 e. The first-order chi connectivity index (χ1) is 6.02. The van der Waals surface area contributed by atoms with Gasteiger partial charge in [0.05, 0.1) is 10.7 Å². The summed E-state index contributed by atoms with van der Waals surface area (Å²) in [6.45, 7) is 1.31. The van der Waals surface area contributed by atoms with Crippen molar-refractivity contribution < 1.29 is 9.18 Å². The third-order valence-corrected chi connectivity index (χ3v) is 2.01. The second kappa shape index (κ2) is 3.94. The Kier molecular flexibility index (Phi) is 3.12. The Morgan fingerprint density at radius 3 is 2.62 bits per heavy atom. The van der Waals surface area contributed by atoms with E-state index in [1.165, 1.54) is 19.1 Å². The van der Waals surface area contributed by atoms with Crippen LogP contribution < -0.4 is 5.32 Å². The summed E-state index contributed by atoms with van der Waals surface area (Å²) in [6.07, 6.45) is 0. The van der Waals surface area contributed by atoms with E-state index in [2.05, 4.69) is 5.32 Å². The van der Waals surface area contributed by atoms with Crippen LogP contribution in [-0.2, 0) is 4.79 Å². The van der Waals surface area contributed by atoms with Gasteiger partial charge in [-0.25, -0.2) is 4.39 Å². The predicted molar refractivity (Wildman–Crippen MR) is 50.7 cm³/mol. The molecule has 13 heavy (non-hydrogen) atoms. The number of carbonyl (C=O) groups excluding carboxylic acids is 1. The number of hydrogen-bond donors (Lipinski definition) is 1. The van der Waals surface area contributed by atoms with E-state index >= 15 is 0 Å². The average Bonchev–Trinajstić information content (AvgIpc) is 2.06. The zero-order chi connectivity index (χ0) is 10.0. The molecule has 1 aromatic rings. The van der Waals surface area contributed by atoms with Crippen LogP contribution in [0.3, 0.4) is 0 Å². The lowest BCUT2D eigenvalue weighted by Crippen LogP contribution is -2.06. The van der Waals surface area contributed by atoms with Gasteiger partial charge >= 0.3 is 0 Å². The molecule has 2 nitrogen and oxygen atoms in total. The molecule has 0 aromatic heterocycles. The Balaban J connectivity index is 3.10. The minimum absolute atomic E-state index is 0.0703. The zero-order valence-electron chi connectivity index (χ0n) is 6.70. The number of halogens is 3. The first-order valence-electron chi connectivity index (χ1n) is 3.43. The fourth-order valence-electron chi connectivity index (χ4n) is 0.812. The number of benzene rings is 1. The van der Waals surface area contributed by atoms with Crippen LogP contribution in [0, 0.1) is 5.82 Å². The molecule has 0 aliphatic rings. The minimum Gasteiger partial charge on any atom is -0.325 e. The number of carbonyl (C=O) groups is 1. The van der Waals surface area contributed by atoms with E-state index in [9.17, 15) is 9.18 Å². The highest BCUT2D eigenvalue weighted by Crippen LogP contribution is 2.29. The second-order valence-corrected chi connectivity index (χ2v) is 3.19. The van der Waals surface area contributed by atoms with Crippen LogP contribution >= 0.6 is 23.2 Å². The summed E-state index contributed by atoms with van der Waals surface area (Å²) in [4.78, 5) is 10.6. The Morgan fingerprint density at radius 1 is 1.46 bits per heavy atom. The SMILES string of the molecule is CC(=O)Nc1ccc(Cl)c(F)c1Cl. The van der Waals surface area contributed by atoms with Gasteiger partial charge in [-0.05, 0) is 12.1 Å². The summed E-state index contributed by atoms with van der Waals surface area (Å²) < 4.78 is 13.0. The maximum Gasteiger partial charge on any atom is 0.221 e. The van der Waals surface area contributed by atoms with Crippen LogP contribution in [-0.4, -0.2) is 5.91 Å². The molecule has 0 aliphatic heterocycles. The summed E-state index contributed by atoms with van der Waals surface area (Å²) in [6, 6.07) is 2.77. The van der Waals surface area contributed by atoms with Crippen molar-refractivity contribution in [2.24, 2.45) is 0 Å². The Hall–Kier alpha value is -0.800. The summed E-state index contributed by atoms with van der Waals surface area (Å²) in [5.74, 6) is -1.04. The normalized spacial score (nSPS) is 9.85. The van der Waals surface area contributed by atoms with E-state index in [0.717, 1.165) is 0 Å². The van der Waals surface area contributed by atoms with Crippen LogP contribution in [0.5, 0.6) is 0 Å². The molecule has 0 saturated heterocycles. The first-order valence-corrected chi connectivity index (χ1v) is 4.19. The fourth-order valence-corrected chi connectivity index (χ4v) is 1.23. The van der Waals surface area contributed by atoms with Gasteiger partial charge in [0.1, 0.15) is 5.02 Å². The molecular formula is C8H6Cl2FNO. The van der Waals surface area contributed by atoms with Gasteiger partial charge in [0.15, 0.2) is 5.82 Å². The van der Waals surface area contributed by atoms with Gasteiger partial charge in [0.25, 0.3) is 0 Å². The van der Waals surface area contributed by atoms with E-state index in [1.54, 1.807) is 0 Å². The minimum atomic E-state index is -0.727. The monoisotopic (exact) mass is 221 g/mol. The van der Waals surface area contributed by atoms with Crippen LogP contribution in [0.15, 0.2) is 12.1 Å². The molecule has 5 heteroatoms. The molecule has 0 bridgehead atoms. The van der Waals surface area contributed by atoms with Crippen molar-refractivity contribution in [2.45, 2.75) is 6.92 Å². The van der Waals surface area contributed by atoms with Crippen LogP contribution in [0.2, 0.25) is 10.0 Å². The van der Waals surface area contributed by atoms with Gasteiger partial charge in [0, 0.05) is 6.92 Å². The molecule has 1 N–H and O–H groups in total. The van der Waals surface area contributed by atoms with E-state index in [-0.39, 0.29) is 21.6 Å². The van der Waals surface area contributed by atoms with Gasteiger partial charge in [-0.15, -0.1) is 0 Å². The van der Waals surface area contributed by atoms with Crippen LogP contribution in [0.1, 0.15) is 6.92 Å². The Bertz CT molecular complexity index is 354. The predicted octanol–water partition coefficient (Wildman–Crippen LogP) is 3.09. The average molecular weight is 222 g/mol. The Labute approximate surface area is 84.6 Å². The van der Waals surface area contributed by atoms with Gasteiger partial charge in [-0.2, -0.15) is 0 Å². The van der Waals surface area contributed by atoms with Gasteiger partial charge < -0.3 is 5.32 Å². The van der Waals surface area contributed by atoms with Gasteiger partial charge in [-0.1, -0.05) is 23.2 Å². The molecule has 0 fully saturated rings. The lowest BCUT2D eigenvalue weighted by atomic mass is 10.3. The maximum absolute atomic E-state index is 13.0. The number of anilines is 1. The van der Waals surface area contributed by atoms with E-state index in [0.29, 0.717) is 0 Å². The number of amides is 1. The summed E-state index contributed by atoms with van der Waals surface area (Å²) >= 11 is 11.0. The topological polar surface area (TPSA) is 29.1 Å². The molecule has 0 spiro atoms. The number of nitrogens with one attached hydrogen (secondary N) is 1. The molecular weight excluding hydrogens is 216 g/mol. The van der Waals surface area contributed by atoms with E-state index in [1.807, 2.05) is 0 Å². The molecule has 0 atom stereocenters. The summed E-state index contributed by atoms with van der Waals surface area (Å²) in [7, 11) is 0. The van der Waals surface area contributed by atoms with E-state index < -0.39 is 5.82 Å². The Morgan fingerprint density at radius 2 is 2.08 bits per heavy atom.